The molecule has 3 aliphatic rings. The van der Waals surface area contributed by atoms with Crippen molar-refractivity contribution in [1.29, 1.82) is 5.26 Å². The van der Waals surface area contributed by atoms with Gasteiger partial charge in [0.05, 0.1) is 37.3 Å². The normalized spacial score (nSPS) is 23.3. The van der Waals surface area contributed by atoms with Crippen LogP contribution in [0.25, 0.3) is 0 Å². The molecule has 2 aliphatic heterocycles. The van der Waals surface area contributed by atoms with Crippen LogP contribution in [-0.4, -0.2) is 36.7 Å². The van der Waals surface area contributed by atoms with Gasteiger partial charge in [0.1, 0.15) is 0 Å². The number of phenols is 2. The summed E-state index contributed by atoms with van der Waals surface area (Å²) in [6, 6.07) is 15.8. The van der Waals surface area contributed by atoms with Crippen molar-refractivity contribution in [2.24, 2.45) is 11.8 Å². The lowest BCUT2D eigenvalue weighted by Gasteiger charge is -2.40. The zero-order valence-corrected chi connectivity index (χ0v) is 19.2. The third-order valence-corrected chi connectivity index (χ3v) is 7.18. The fraction of sp³-hybridized carbons (Fsp3) is 0.259. The number of carbonyl (C=O) groups is 1. The summed E-state index contributed by atoms with van der Waals surface area (Å²) in [4.78, 5) is 13.1. The zero-order chi connectivity index (χ0) is 25.0. The quantitative estimate of drug-likeness (QED) is 0.372. The summed E-state index contributed by atoms with van der Waals surface area (Å²) in [5.74, 6) is -1.07. The number of cyclic esters (lactones) is 1. The number of hydrogen-bond donors (Lipinski definition) is 3. The average Bonchev–Trinajstić information content (AvgIpc) is 3.51. The number of anilines is 1. The van der Waals surface area contributed by atoms with Crippen LogP contribution in [0.15, 0.2) is 48.5 Å². The minimum atomic E-state index is -0.567. The first-order valence-electron chi connectivity index (χ1n) is 11.4. The number of carbonyl (C=O) groups excluding carboxylic acids is 1. The van der Waals surface area contributed by atoms with E-state index >= 15 is 0 Å². The molecule has 0 radical (unpaired) electrons. The number of rotatable bonds is 4. The van der Waals surface area contributed by atoms with Gasteiger partial charge in [-0.15, -0.1) is 0 Å². The van der Waals surface area contributed by atoms with Crippen LogP contribution in [-0.2, 0) is 9.53 Å². The van der Waals surface area contributed by atoms with E-state index in [4.69, 9.17) is 24.2 Å². The van der Waals surface area contributed by atoms with Gasteiger partial charge in [0, 0.05) is 17.5 Å². The molecule has 9 nitrogen and oxygen atoms in total. The Morgan fingerprint density at radius 1 is 1.03 bits per heavy atom. The Balaban J connectivity index is 1.53. The highest BCUT2D eigenvalue weighted by Gasteiger charge is 2.52. The van der Waals surface area contributed by atoms with Crippen molar-refractivity contribution < 1.29 is 34.0 Å². The molecule has 3 N–H and O–H groups in total. The Labute approximate surface area is 206 Å². The third-order valence-electron chi connectivity index (χ3n) is 7.18. The number of benzene rings is 3. The number of hydrogen-bond acceptors (Lipinski definition) is 9. The first-order valence-corrected chi connectivity index (χ1v) is 11.4. The predicted molar refractivity (Wildman–Crippen MR) is 126 cm³/mol. The van der Waals surface area contributed by atoms with Gasteiger partial charge < -0.3 is 34.5 Å². The number of nitrogens with zero attached hydrogens (tertiary/aromatic N) is 1. The smallest absolute Gasteiger partial charge is 0.310 e. The molecule has 4 atom stereocenters. The van der Waals surface area contributed by atoms with Crippen molar-refractivity contribution in [3.05, 3.63) is 70.8 Å². The molecule has 1 aliphatic carbocycles. The molecule has 0 saturated carbocycles. The topological polar surface area (TPSA) is 130 Å². The number of esters is 1. The highest BCUT2D eigenvalue weighted by atomic mass is 16.7. The predicted octanol–water partition coefficient (Wildman–Crippen LogP) is 3.79. The van der Waals surface area contributed by atoms with Gasteiger partial charge in [-0.25, -0.2) is 0 Å². The molecule has 2 heterocycles. The number of aromatic hydroxyl groups is 2. The van der Waals surface area contributed by atoms with Gasteiger partial charge in [-0.2, -0.15) is 5.26 Å². The molecule has 9 heteroatoms. The SMILES string of the molecule is COc1cc([C@@H]2c3cc4c(cc3[C@H](Nc3ccc(C#N)cc3)[C@H]3COC(=O)[C@H]23)OCO4)cc(O)c1O. The fourth-order valence-corrected chi connectivity index (χ4v) is 5.52. The number of nitriles is 1. The van der Waals surface area contributed by atoms with E-state index in [0.717, 1.165) is 16.8 Å². The van der Waals surface area contributed by atoms with Crippen molar-refractivity contribution in [2.75, 3.05) is 25.8 Å². The Kier molecular flexibility index (Phi) is 5.04. The second kappa shape index (κ2) is 8.27. The van der Waals surface area contributed by atoms with E-state index in [1.165, 1.54) is 13.2 Å². The van der Waals surface area contributed by atoms with Crippen molar-refractivity contribution in [3.8, 4) is 34.8 Å². The molecule has 36 heavy (non-hydrogen) atoms. The first-order chi connectivity index (χ1) is 17.5. The second-order valence-electron chi connectivity index (χ2n) is 9.03. The van der Waals surface area contributed by atoms with Crippen LogP contribution in [0.2, 0.25) is 0 Å². The molecule has 3 aromatic rings. The lowest BCUT2D eigenvalue weighted by Crippen LogP contribution is -2.37. The van der Waals surface area contributed by atoms with Gasteiger partial charge in [-0.05, 0) is 65.2 Å². The van der Waals surface area contributed by atoms with Gasteiger partial charge in [-0.3, -0.25) is 4.79 Å². The van der Waals surface area contributed by atoms with Crippen LogP contribution in [0.5, 0.6) is 28.7 Å². The van der Waals surface area contributed by atoms with Gasteiger partial charge >= 0.3 is 5.97 Å². The summed E-state index contributed by atoms with van der Waals surface area (Å²) in [6.07, 6.45) is 0. The Hall–Kier alpha value is -4.58. The molecule has 1 saturated heterocycles. The maximum absolute atomic E-state index is 13.1. The standard InChI is InChI=1S/C27H22N2O7/c1-33-22-7-14(6-19(30)26(22)31)23-16-8-20-21(36-12-35-20)9-17(16)25(18-11-34-27(32)24(18)23)29-15-4-2-13(10-28)3-5-15/h2-9,18,23-25,29-31H,11-12H2,1H3/t18-,23+,24-,25-/m0/s1. The van der Waals surface area contributed by atoms with E-state index in [0.29, 0.717) is 22.6 Å². The summed E-state index contributed by atoms with van der Waals surface area (Å²) in [7, 11) is 1.40. The summed E-state index contributed by atoms with van der Waals surface area (Å²) in [6.45, 7) is 0.308. The van der Waals surface area contributed by atoms with E-state index in [2.05, 4.69) is 11.4 Å². The van der Waals surface area contributed by atoms with Crippen molar-refractivity contribution in [3.63, 3.8) is 0 Å². The molecule has 6 rings (SSSR count). The van der Waals surface area contributed by atoms with E-state index < -0.39 is 11.8 Å². The molecule has 3 aromatic carbocycles. The monoisotopic (exact) mass is 486 g/mol. The van der Waals surface area contributed by atoms with Crippen LogP contribution in [0.3, 0.4) is 0 Å². The average molecular weight is 486 g/mol. The second-order valence-corrected chi connectivity index (χ2v) is 9.03. The summed E-state index contributed by atoms with van der Waals surface area (Å²) < 4.78 is 22.2. The number of nitrogens with one attached hydrogen (secondary N) is 1. The van der Waals surface area contributed by atoms with Gasteiger partial charge in [0.2, 0.25) is 12.5 Å². The largest absolute Gasteiger partial charge is 0.504 e. The molecule has 0 amide bonds. The molecular weight excluding hydrogens is 464 g/mol. The number of fused-ring (bicyclic) bond motifs is 3. The van der Waals surface area contributed by atoms with Crippen molar-refractivity contribution in [2.45, 2.75) is 12.0 Å². The molecule has 0 spiro atoms. The Bertz CT molecular complexity index is 1410. The zero-order valence-electron chi connectivity index (χ0n) is 19.2. The lowest BCUT2D eigenvalue weighted by atomic mass is 9.65. The summed E-state index contributed by atoms with van der Waals surface area (Å²) in [5, 5.41) is 33.3. The van der Waals surface area contributed by atoms with Crippen LogP contribution in [0.4, 0.5) is 5.69 Å². The van der Waals surface area contributed by atoms with E-state index in [1.807, 2.05) is 24.3 Å². The highest BCUT2D eigenvalue weighted by Crippen LogP contribution is 2.56. The molecular formula is C27H22N2O7. The van der Waals surface area contributed by atoms with E-state index in [-0.39, 0.29) is 48.6 Å². The Morgan fingerprint density at radius 2 is 1.75 bits per heavy atom. The fourth-order valence-electron chi connectivity index (χ4n) is 5.52. The first kappa shape index (κ1) is 21.9. The van der Waals surface area contributed by atoms with Gasteiger partial charge in [-0.1, -0.05) is 0 Å². The molecule has 182 valence electrons. The van der Waals surface area contributed by atoms with Crippen LogP contribution < -0.4 is 19.5 Å². The maximum Gasteiger partial charge on any atom is 0.310 e. The molecule has 0 unspecified atom stereocenters. The molecule has 0 aromatic heterocycles. The van der Waals surface area contributed by atoms with Crippen molar-refractivity contribution in [1.82, 2.24) is 0 Å². The molecule has 1 fully saturated rings. The highest BCUT2D eigenvalue weighted by molar-refractivity contribution is 5.79. The minimum absolute atomic E-state index is 0.0966. The van der Waals surface area contributed by atoms with Gasteiger partial charge in [0.15, 0.2) is 23.0 Å². The molecule has 0 bridgehead atoms. The Morgan fingerprint density at radius 3 is 2.44 bits per heavy atom. The summed E-state index contributed by atoms with van der Waals surface area (Å²) in [5.41, 5.74) is 3.67. The van der Waals surface area contributed by atoms with Crippen LogP contribution >= 0.6 is 0 Å². The van der Waals surface area contributed by atoms with Gasteiger partial charge in [0.25, 0.3) is 0 Å². The van der Waals surface area contributed by atoms with Crippen molar-refractivity contribution >= 4 is 11.7 Å². The lowest BCUT2D eigenvalue weighted by molar-refractivity contribution is -0.141. The number of methoxy groups -OCH3 is 1. The number of phenolic OH excluding ortho intramolecular Hbond substituents is 2. The number of ether oxygens (including phenoxy) is 4. The third kappa shape index (κ3) is 3.33. The van der Waals surface area contributed by atoms with Crippen LogP contribution in [0, 0.1) is 23.2 Å². The van der Waals surface area contributed by atoms with Crippen LogP contribution in [0.1, 0.15) is 34.2 Å². The van der Waals surface area contributed by atoms with E-state index in [1.54, 1.807) is 18.2 Å². The minimum Gasteiger partial charge on any atom is -0.504 e. The maximum atomic E-state index is 13.1. The van der Waals surface area contributed by atoms with E-state index in [9.17, 15) is 15.0 Å². The summed E-state index contributed by atoms with van der Waals surface area (Å²) >= 11 is 0.